The highest BCUT2D eigenvalue weighted by Crippen LogP contribution is 2.28. The molecular formula is C39H52O6. The fourth-order valence-electron chi connectivity index (χ4n) is 4.89. The lowest BCUT2D eigenvalue weighted by molar-refractivity contribution is -0.143. The predicted molar refractivity (Wildman–Crippen MR) is 184 cm³/mol. The number of aliphatic hydroxyl groups is 1. The van der Waals surface area contributed by atoms with Crippen LogP contribution in [-0.2, 0) is 36.6 Å². The molecule has 0 saturated carbocycles. The molecule has 0 fully saturated rings. The van der Waals surface area contributed by atoms with Crippen molar-refractivity contribution in [3.05, 3.63) is 101 Å². The number of hydrogen-bond donors (Lipinski definition) is 1. The number of unbranched alkanes of at least 4 members (excludes halogenated alkanes) is 4. The summed E-state index contributed by atoms with van der Waals surface area (Å²) in [5.74, 6) is -1.67. The van der Waals surface area contributed by atoms with Gasteiger partial charge in [0.1, 0.15) is 13.2 Å². The second kappa shape index (κ2) is 20.3. The molecule has 0 aromatic heterocycles. The van der Waals surface area contributed by atoms with Crippen LogP contribution >= 0.6 is 0 Å². The third-order valence-electron chi connectivity index (χ3n) is 7.93. The fraction of sp³-hybridized carbons (Fsp3) is 0.436. The number of carbonyl (C=O) groups excluding carboxylic acids is 2. The van der Waals surface area contributed by atoms with E-state index in [4.69, 9.17) is 14.2 Å². The van der Waals surface area contributed by atoms with Crippen LogP contribution in [0.5, 0.6) is 0 Å². The number of benzene rings is 2. The molecule has 1 unspecified atom stereocenters. The summed E-state index contributed by atoms with van der Waals surface area (Å²) in [7, 11) is 1.47. The van der Waals surface area contributed by atoms with E-state index in [2.05, 4.69) is 76.4 Å². The average Bonchev–Trinajstić information content (AvgIpc) is 3.06. The topological polar surface area (TPSA) is 82.1 Å². The summed E-state index contributed by atoms with van der Waals surface area (Å²) in [6, 6.07) is 15.6. The Labute approximate surface area is 270 Å². The van der Waals surface area contributed by atoms with E-state index in [0.717, 1.165) is 24.0 Å². The van der Waals surface area contributed by atoms with Crippen LogP contribution in [0.3, 0.4) is 0 Å². The molecule has 6 heteroatoms. The van der Waals surface area contributed by atoms with Crippen molar-refractivity contribution in [2.75, 3.05) is 33.5 Å². The molecule has 2 aromatic carbocycles. The van der Waals surface area contributed by atoms with E-state index < -0.39 is 24.5 Å². The average molecular weight is 617 g/mol. The molecule has 244 valence electrons. The zero-order valence-corrected chi connectivity index (χ0v) is 28.0. The van der Waals surface area contributed by atoms with Gasteiger partial charge in [-0.15, -0.1) is 0 Å². The minimum Gasteiger partial charge on any atom is -0.462 e. The van der Waals surface area contributed by atoms with Crippen LogP contribution in [0.15, 0.2) is 84.5 Å². The van der Waals surface area contributed by atoms with Crippen LogP contribution in [0.1, 0.15) is 76.5 Å². The number of hydrogen-bond acceptors (Lipinski definition) is 6. The maximum Gasteiger partial charge on any atom is 0.335 e. The largest absolute Gasteiger partial charge is 0.462 e. The Morgan fingerprint density at radius 2 is 1.47 bits per heavy atom. The van der Waals surface area contributed by atoms with Crippen LogP contribution in [0.2, 0.25) is 0 Å². The second-order valence-corrected chi connectivity index (χ2v) is 11.5. The standard InChI is InChI=1S/C39H52O6/c1-8-10-11-12-13-14-32-17-19-34(20-18-32)35-21-22-37(33(9-2)23-35)29(4)16-15-28(3)36(26-44-38(41)30(5)24-40)27-45-39(42)31(6)25-43-7/h15-23,36,40H,5-6,8-14,24-27H2,1-4,7H3/b28-15+,29-16+. The molecule has 0 aliphatic rings. The molecule has 45 heavy (non-hydrogen) atoms. The van der Waals surface area contributed by atoms with E-state index in [-0.39, 0.29) is 31.0 Å². The SMILES string of the molecule is C=C(CO)C(=O)OCC(COC(=O)C(=C)COC)/C(C)=C/C=C(\C)c1ccc(-c2ccc(CCCCCCC)cc2)cc1CC. The van der Waals surface area contributed by atoms with Crippen LogP contribution in [0.25, 0.3) is 16.7 Å². The molecule has 0 spiro atoms. The molecule has 1 atom stereocenters. The van der Waals surface area contributed by atoms with Crippen molar-refractivity contribution in [3.63, 3.8) is 0 Å². The number of rotatable bonds is 20. The van der Waals surface area contributed by atoms with Crippen LogP contribution < -0.4 is 0 Å². The van der Waals surface area contributed by atoms with Gasteiger partial charge in [-0.3, -0.25) is 0 Å². The van der Waals surface area contributed by atoms with Crippen molar-refractivity contribution >= 4 is 17.5 Å². The first-order chi connectivity index (χ1) is 21.6. The van der Waals surface area contributed by atoms with Crippen molar-refractivity contribution < 1.29 is 28.9 Å². The number of aliphatic hydroxyl groups excluding tert-OH is 1. The summed E-state index contributed by atoms with van der Waals surface area (Å²) < 4.78 is 15.7. The molecule has 2 rings (SSSR count). The van der Waals surface area contributed by atoms with Gasteiger partial charge in [-0.1, -0.05) is 113 Å². The Bertz CT molecular complexity index is 1330. The first-order valence-corrected chi connectivity index (χ1v) is 16.0. The molecule has 0 aliphatic heterocycles. The van der Waals surface area contributed by atoms with Gasteiger partial charge in [-0.05, 0) is 66.5 Å². The number of carbonyl (C=O) groups is 2. The summed E-state index contributed by atoms with van der Waals surface area (Å²) in [5, 5.41) is 9.20. The number of aryl methyl sites for hydroxylation is 2. The van der Waals surface area contributed by atoms with Crippen molar-refractivity contribution in [2.45, 2.75) is 72.6 Å². The van der Waals surface area contributed by atoms with Crippen molar-refractivity contribution in [1.82, 2.24) is 0 Å². The van der Waals surface area contributed by atoms with E-state index in [1.165, 1.54) is 67.0 Å². The summed E-state index contributed by atoms with van der Waals surface area (Å²) in [6.07, 6.45) is 12.5. The first kappa shape index (κ1) is 37.4. The van der Waals surface area contributed by atoms with E-state index in [1.807, 2.05) is 19.1 Å². The number of ether oxygens (including phenoxy) is 3. The smallest absolute Gasteiger partial charge is 0.335 e. The van der Waals surface area contributed by atoms with Crippen molar-refractivity contribution in [3.8, 4) is 11.1 Å². The fourth-order valence-corrected chi connectivity index (χ4v) is 4.89. The first-order valence-electron chi connectivity index (χ1n) is 16.0. The molecule has 1 N–H and O–H groups in total. The highest BCUT2D eigenvalue weighted by atomic mass is 16.5. The molecule has 0 radical (unpaired) electrons. The van der Waals surface area contributed by atoms with E-state index in [1.54, 1.807) is 0 Å². The number of allylic oxidation sites excluding steroid dienone is 3. The Balaban J connectivity index is 2.19. The number of methoxy groups -OCH3 is 1. The van der Waals surface area contributed by atoms with Crippen molar-refractivity contribution in [2.24, 2.45) is 5.92 Å². The quantitative estimate of drug-likeness (QED) is 0.0699. The highest BCUT2D eigenvalue weighted by molar-refractivity contribution is 5.88. The summed E-state index contributed by atoms with van der Waals surface area (Å²) in [5.41, 5.74) is 8.34. The zero-order chi connectivity index (χ0) is 33.2. The Morgan fingerprint density at radius 3 is 2.07 bits per heavy atom. The minimum atomic E-state index is -0.693. The maximum absolute atomic E-state index is 12.3. The third-order valence-corrected chi connectivity index (χ3v) is 7.93. The van der Waals surface area contributed by atoms with Gasteiger partial charge in [-0.2, -0.15) is 0 Å². The molecule has 0 aliphatic carbocycles. The Kier molecular flexibility index (Phi) is 16.9. The Hall–Kier alpha value is -3.74. The van der Waals surface area contributed by atoms with Gasteiger partial charge < -0.3 is 19.3 Å². The van der Waals surface area contributed by atoms with E-state index in [9.17, 15) is 14.7 Å². The maximum atomic E-state index is 12.3. The van der Waals surface area contributed by atoms with Gasteiger partial charge in [0, 0.05) is 13.0 Å². The summed E-state index contributed by atoms with van der Waals surface area (Å²) in [6.45, 7) is 15.1. The molecule has 0 saturated heterocycles. The third kappa shape index (κ3) is 12.6. The molecule has 6 nitrogen and oxygen atoms in total. The normalized spacial score (nSPS) is 12.5. The predicted octanol–water partition coefficient (Wildman–Crippen LogP) is 8.23. The number of esters is 2. The van der Waals surface area contributed by atoms with Gasteiger partial charge in [0.15, 0.2) is 0 Å². The summed E-state index contributed by atoms with van der Waals surface area (Å²) >= 11 is 0. The lowest BCUT2D eigenvalue weighted by Gasteiger charge is -2.19. The molecule has 2 aromatic rings. The molecular weight excluding hydrogens is 564 g/mol. The zero-order valence-electron chi connectivity index (χ0n) is 28.0. The monoisotopic (exact) mass is 616 g/mol. The lowest BCUT2D eigenvalue weighted by Crippen LogP contribution is -2.23. The van der Waals surface area contributed by atoms with Crippen LogP contribution in [-0.4, -0.2) is 50.6 Å². The summed E-state index contributed by atoms with van der Waals surface area (Å²) in [4.78, 5) is 24.4. The van der Waals surface area contributed by atoms with Gasteiger partial charge in [0.25, 0.3) is 0 Å². The van der Waals surface area contributed by atoms with Gasteiger partial charge in [0.2, 0.25) is 0 Å². The molecule has 0 amide bonds. The van der Waals surface area contributed by atoms with E-state index in [0.29, 0.717) is 0 Å². The Morgan fingerprint density at radius 1 is 0.844 bits per heavy atom. The van der Waals surface area contributed by atoms with Gasteiger partial charge in [0.05, 0.1) is 24.4 Å². The van der Waals surface area contributed by atoms with Crippen LogP contribution in [0, 0.1) is 5.92 Å². The van der Waals surface area contributed by atoms with Crippen molar-refractivity contribution in [1.29, 1.82) is 0 Å². The lowest BCUT2D eigenvalue weighted by atomic mass is 9.93. The minimum absolute atomic E-state index is 0.0117. The van der Waals surface area contributed by atoms with Gasteiger partial charge in [-0.25, -0.2) is 9.59 Å². The molecule has 0 heterocycles. The van der Waals surface area contributed by atoms with E-state index >= 15 is 0 Å². The molecule has 0 bridgehead atoms. The van der Waals surface area contributed by atoms with Crippen LogP contribution in [0.4, 0.5) is 0 Å². The van der Waals surface area contributed by atoms with Gasteiger partial charge >= 0.3 is 11.9 Å². The highest BCUT2D eigenvalue weighted by Gasteiger charge is 2.19. The second-order valence-electron chi connectivity index (χ2n) is 11.5.